The van der Waals surface area contributed by atoms with Crippen LogP contribution < -0.4 is 0 Å². The van der Waals surface area contributed by atoms with Crippen molar-refractivity contribution in [3.05, 3.63) is 0 Å². The fourth-order valence-electron chi connectivity index (χ4n) is 0.890. The minimum atomic E-state index is -3.10. The molecular formula is C7H8O8. The maximum atomic E-state index is 10.6. The third kappa shape index (κ3) is 2.42. The largest absolute Gasteiger partial charge is 0.481 e. The molecule has 15 heavy (non-hydrogen) atoms. The summed E-state index contributed by atoms with van der Waals surface area (Å²) in [7, 11) is 0. The molecule has 0 amide bonds. The van der Waals surface area contributed by atoms with Crippen molar-refractivity contribution < 1.29 is 39.6 Å². The first-order chi connectivity index (χ1) is 6.75. The van der Waals surface area contributed by atoms with Crippen LogP contribution >= 0.6 is 0 Å². The first-order valence-electron chi connectivity index (χ1n) is 3.67. The van der Waals surface area contributed by atoms with Gasteiger partial charge in [-0.3, -0.25) is 19.2 Å². The van der Waals surface area contributed by atoms with E-state index in [1.54, 1.807) is 0 Å². The van der Waals surface area contributed by atoms with Crippen LogP contribution in [0.1, 0.15) is 12.8 Å². The van der Waals surface area contributed by atoms with Crippen molar-refractivity contribution >= 4 is 23.9 Å². The molecule has 0 aliphatic heterocycles. The van der Waals surface area contributed by atoms with Crippen molar-refractivity contribution in [2.45, 2.75) is 12.8 Å². The van der Waals surface area contributed by atoms with Crippen LogP contribution in [0.25, 0.3) is 0 Å². The predicted molar refractivity (Wildman–Crippen MR) is 42.2 cm³/mol. The van der Waals surface area contributed by atoms with Crippen LogP contribution in [0.15, 0.2) is 0 Å². The highest BCUT2D eigenvalue weighted by molar-refractivity contribution is 6.16. The van der Waals surface area contributed by atoms with Gasteiger partial charge < -0.3 is 20.4 Å². The summed E-state index contributed by atoms with van der Waals surface area (Å²) in [6.45, 7) is 0. The van der Waals surface area contributed by atoms with Gasteiger partial charge in [0.15, 0.2) is 0 Å². The van der Waals surface area contributed by atoms with Gasteiger partial charge in [-0.2, -0.15) is 0 Å². The van der Waals surface area contributed by atoms with Gasteiger partial charge in [0, 0.05) is 6.42 Å². The number of rotatable bonds is 6. The Hall–Kier alpha value is -2.12. The summed E-state index contributed by atoms with van der Waals surface area (Å²) in [5.41, 5.74) is -3.10. The topological polar surface area (TPSA) is 149 Å². The first-order valence-corrected chi connectivity index (χ1v) is 3.67. The third-order valence-corrected chi connectivity index (χ3v) is 1.81. The minimum absolute atomic E-state index is 0.856. The summed E-state index contributed by atoms with van der Waals surface area (Å²) in [6, 6.07) is 0. The molecule has 0 rings (SSSR count). The Morgan fingerprint density at radius 3 is 1.33 bits per heavy atom. The number of hydrogen-bond donors (Lipinski definition) is 4. The number of aliphatic carboxylic acids is 4. The van der Waals surface area contributed by atoms with Crippen molar-refractivity contribution in [1.82, 2.24) is 0 Å². The minimum Gasteiger partial charge on any atom is -0.481 e. The molecule has 0 bridgehead atoms. The molecule has 0 spiro atoms. The lowest BCUT2D eigenvalue weighted by Crippen LogP contribution is -2.46. The molecule has 0 aromatic rings. The van der Waals surface area contributed by atoms with Gasteiger partial charge >= 0.3 is 23.9 Å². The fraction of sp³-hybridized carbons (Fsp3) is 0.429. The SMILES string of the molecule is O=C(O)CCC(C(=O)O)(C(=O)O)C(=O)O. The van der Waals surface area contributed by atoms with Crippen molar-refractivity contribution in [3.8, 4) is 0 Å². The average molecular weight is 220 g/mol. The van der Waals surface area contributed by atoms with Crippen LogP contribution in [0.3, 0.4) is 0 Å². The Morgan fingerprint density at radius 2 is 1.13 bits per heavy atom. The van der Waals surface area contributed by atoms with Crippen LogP contribution in [-0.4, -0.2) is 44.3 Å². The van der Waals surface area contributed by atoms with Crippen LogP contribution in [-0.2, 0) is 19.2 Å². The zero-order valence-electron chi connectivity index (χ0n) is 7.34. The van der Waals surface area contributed by atoms with E-state index in [-0.39, 0.29) is 0 Å². The molecular weight excluding hydrogens is 212 g/mol. The number of hydrogen-bond acceptors (Lipinski definition) is 4. The molecule has 0 atom stereocenters. The van der Waals surface area contributed by atoms with E-state index in [1.807, 2.05) is 0 Å². The molecule has 0 aromatic carbocycles. The highest BCUT2D eigenvalue weighted by atomic mass is 16.4. The quantitative estimate of drug-likeness (QED) is 0.420. The van der Waals surface area contributed by atoms with Crippen molar-refractivity contribution in [3.63, 3.8) is 0 Å². The average Bonchev–Trinajstić information content (AvgIpc) is 2.02. The van der Waals surface area contributed by atoms with E-state index in [0.717, 1.165) is 0 Å². The molecule has 8 nitrogen and oxygen atoms in total. The zero-order valence-corrected chi connectivity index (χ0v) is 7.34. The van der Waals surface area contributed by atoms with Gasteiger partial charge in [-0.15, -0.1) is 0 Å². The van der Waals surface area contributed by atoms with Gasteiger partial charge in [0.05, 0.1) is 0 Å². The lowest BCUT2D eigenvalue weighted by molar-refractivity contribution is -0.176. The molecule has 4 N–H and O–H groups in total. The Bertz CT molecular complexity index is 281. The maximum Gasteiger partial charge on any atom is 0.332 e. The number of carboxylic acid groups (broad SMARTS) is 4. The molecule has 84 valence electrons. The Balaban J connectivity index is 5.15. The molecule has 0 aromatic heterocycles. The Kier molecular flexibility index (Phi) is 3.78. The van der Waals surface area contributed by atoms with Crippen molar-refractivity contribution in [2.75, 3.05) is 0 Å². The molecule has 0 radical (unpaired) electrons. The molecule has 0 saturated carbocycles. The van der Waals surface area contributed by atoms with E-state index in [0.29, 0.717) is 0 Å². The molecule has 0 unspecified atom stereocenters. The van der Waals surface area contributed by atoms with E-state index in [4.69, 9.17) is 20.4 Å². The van der Waals surface area contributed by atoms with Crippen LogP contribution in [0.4, 0.5) is 0 Å². The van der Waals surface area contributed by atoms with Gasteiger partial charge in [-0.05, 0) is 6.42 Å². The monoisotopic (exact) mass is 220 g/mol. The third-order valence-electron chi connectivity index (χ3n) is 1.81. The summed E-state index contributed by atoms with van der Waals surface area (Å²) in [5.74, 6) is -7.75. The van der Waals surface area contributed by atoms with E-state index in [2.05, 4.69) is 0 Å². The standard InChI is InChI=1S/C7H8O8/c8-3(9)1-2-7(4(10)11,5(12)13)6(14)15/h1-2H2,(H,8,9)(H,10,11)(H,12,13)(H,14,15). The summed E-state index contributed by atoms with van der Waals surface area (Å²) in [4.78, 5) is 41.8. The summed E-state index contributed by atoms with van der Waals surface area (Å²) in [6.07, 6.45) is -1.87. The maximum absolute atomic E-state index is 10.6. The van der Waals surface area contributed by atoms with Gasteiger partial charge in [-0.25, -0.2) is 0 Å². The predicted octanol–water partition coefficient (Wildman–Crippen LogP) is -0.909. The molecule has 0 aliphatic carbocycles. The van der Waals surface area contributed by atoms with E-state index < -0.39 is 42.1 Å². The lowest BCUT2D eigenvalue weighted by atomic mass is 9.83. The van der Waals surface area contributed by atoms with Gasteiger partial charge in [0.25, 0.3) is 5.41 Å². The Morgan fingerprint density at radius 1 is 0.800 bits per heavy atom. The molecule has 0 saturated heterocycles. The molecule has 0 aliphatic rings. The summed E-state index contributed by atoms with van der Waals surface area (Å²) in [5, 5.41) is 33.8. The zero-order chi connectivity index (χ0) is 12.2. The number of carboxylic acids is 4. The van der Waals surface area contributed by atoms with Crippen LogP contribution in [0, 0.1) is 5.41 Å². The van der Waals surface area contributed by atoms with E-state index in [9.17, 15) is 19.2 Å². The van der Waals surface area contributed by atoms with Gasteiger partial charge in [-0.1, -0.05) is 0 Å². The van der Waals surface area contributed by atoms with Crippen LogP contribution in [0.5, 0.6) is 0 Å². The second-order valence-electron chi connectivity index (χ2n) is 2.71. The van der Waals surface area contributed by atoms with Gasteiger partial charge in [0.2, 0.25) is 0 Å². The Labute approximate surface area is 82.8 Å². The summed E-state index contributed by atoms with van der Waals surface area (Å²) >= 11 is 0. The first kappa shape index (κ1) is 12.9. The molecule has 8 heteroatoms. The number of carbonyl (C=O) groups is 4. The second-order valence-corrected chi connectivity index (χ2v) is 2.71. The highest BCUT2D eigenvalue weighted by Gasteiger charge is 2.54. The van der Waals surface area contributed by atoms with Gasteiger partial charge in [0.1, 0.15) is 0 Å². The van der Waals surface area contributed by atoms with E-state index >= 15 is 0 Å². The summed E-state index contributed by atoms with van der Waals surface area (Å²) < 4.78 is 0. The lowest BCUT2D eigenvalue weighted by Gasteiger charge is -2.18. The van der Waals surface area contributed by atoms with Crippen LogP contribution in [0.2, 0.25) is 0 Å². The second kappa shape index (κ2) is 4.40. The smallest absolute Gasteiger partial charge is 0.332 e. The highest BCUT2D eigenvalue weighted by Crippen LogP contribution is 2.25. The van der Waals surface area contributed by atoms with E-state index in [1.165, 1.54) is 0 Å². The molecule has 0 fully saturated rings. The molecule has 0 heterocycles. The fourth-order valence-corrected chi connectivity index (χ4v) is 0.890. The normalized spacial score (nSPS) is 10.7. The van der Waals surface area contributed by atoms with Crippen molar-refractivity contribution in [1.29, 1.82) is 0 Å². The van der Waals surface area contributed by atoms with Crippen molar-refractivity contribution in [2.24, 2.45) is 5.41 Å².